The van der Waals surface area contributed by atoms with Crippen LogP contribution in [0, 0.1) is 46.3 Å². The standard InChI is InChI=1S/C24H38O3/c1-22-13-14-24(26,11-4-5-15-25)16-17(22)6-7-18-19-8-9-21(27-3)23(19,2)12-10-20(18)22/h17-21,25-26H,5-10,12-16H2,1-3H3/t17-,18+,19+,20+,21+,22+,23+,24-/m1/s1. The van der Waals surface area contributed by atoms with Crippen molar-refractivity contribution in [3.05, 3.63) is 0 Å². The van der Waals surface area contributed by atoms with Gasteiger partial charge < -0.3 is 14.9 Å². The van der Waals surface area contributed by atoms with Crippen LogP contribution in [0.4, 0.5) is 0 Å². The number of hydrogen-bond donors (Lipinski definition) is 2. The molecule has 0 aromatic rings. The summed E-state index contributed by atoms with van der Waals surface area (Å²) in [6.45, 7) is 5.11. The fourth-order valence-electron chi connectivity index (χ4n) is 7.98. The lowest BCUT2D eigenvalue weighted by Crippen LogP contribution is -2.56. The first-order chi connectivity index (χ1) is 12.9. The Bertz CT molecular complexity index is 621. The molecule has 4 rings (SSSR count). The maximum Gasteiger partial charge on any atom is 0.125 e. The van der Waals surface area contributed by atoms with E-state index < -0.39 is 5.60 Å². The first kappa shape index (κ1) is 19.7. The molecular weight excluding hydrogens is 336 g/mol. The summed E-state index contributed by atoms with van der Waals surface area (Å²) in [5, 5.41) is 20.0. The Hall–Kier alpha value is -0.560. The number of ether oxygens (including phenoxy) is 1. The molecule has 3 heteroatoms. The van der Waals surface area contributed by atoms with Gasteiger partial charge in [0.25, 0.3) is 0 Å². The summed E-state index contributed by atoms with van der Waals surface area (Å²) in [4.78, 5) is 0. The SMILES string of the molecule is CO[C@H]1CC[C@H]2[C@@H]3CC[C@@H]4C[C@@](O)(C#CCCO)CC[C@]4(C)[C@H]3CC[C@]12C. The first-order valence-electron chi connectivity index (χ1n) is 11.2. The zero-order valence-electron chi connectivity index (χ0n) is 17.5. The topological polar surface area (TPSA) is 49.7 Å². The van der Waals surface area contributed by atoms with Crippen LogP contribution in [0.3, 0.4) is 0 Å². The lowest BCUT2D eigenvalue weighted by Gasteiger charge is -2.61. The summed E-state index contributed by atoms with van der Waals surface area (Å²) < 4.78 is 5.90. The third-order valence-corrected chi connectivity index (χ3v) is 9.48. The Morgan fingerprint density at radius 2 is 1.74 bits per heavy atom. The van der Waals surface area contributed by atoms with Gasteiger partial charge in [-0.15, -0.1) is 0 Å². The van der Waals surface area contributed by atoms with E-state index in [9.17, 15) is 5.11 Å². The smallest absolute Gasteiger partial charge is 0.125 e. The normalized spacial score (nSPS) is 51.5. The summed E-state index contributed by atoms with van der Waals surface area (Å²) in [5.41, 5.74) is -0.0888. The number of aliphatic hydroxyl groups excluding tert-OH is 1. The molecule has 0 unspecified atom stereocenters. The molecule has 0 heterocycles. The average molecular weight is 375 g/mol. The highest BCUT2D eigenvalue weighted by molar-refractivity contribution is 5.19. The van der Waals surface area contributed by atoms with Crippen molar-refractivity contribution >= 4 is 0 Å². The summed E-state index contributed by atoms with van der Waals surface area (Å²) in [5.74, 6) is 9.16. The second-order valence-corrected chi connectivity index (χ2v) is 10.5. The van der Waals surface area contributed by atoms with Gasteiger partial charge in [0.2, 0.25) is 0 Å². The molecule has 152 valence electrons. The van der Waals surface area contributed by atoms with Crippen LogP contribution in [0.5, 0.6) is 0 Å². The minimum absolute atomic E-state index is 0.0800. The molecule has 0 aromatic heterocycles. The van der Waals surface area contributed by atoms with E-state index in [0.29, 0.717) is 29.3 Å². The van der Waals surface area contributed by atoms with Crippen molar-refractivity contribution in [2.75, 3.05) is 13.7 Å². The van der Waals surface area contributed by atoms with Crippen molar-refractivity contribution in [1.29, 1.82) is 0 Å². The van der Waals surface area contributed by atoms with E-state index >= 15 is 0 Å². The van der Waals surface area contributed by atoms with Crippen molar-refractivity contribution < 1.29 is 14.9 Å². The van der Waals surface area contributed by atoms with Crippen molar-refractivity contribution in [3.8, 4) is 11.8 Å². The molecule has 0 bridgehead atoms. The molecular formula is C24H38O3. The van der Waals surface area contributed by atoms with Gasteiger partial charge >= 0.3 is 0 Å². The van der Waals surface area contributed by atoms with Crippen LogP contribution in [0.2, 0.25) is 0 Å². The predicted molar refractivity (Wildman–Crippen MR) is 107 cm³/mol. The van der Waals surface area contributed by atoms with Crippen molar-refractivity contribution in [2.45, 2.75) is 89.8 Å². The van der Waals surface area contributed by atoms with Crippen LogP contribution >= 0.6 is 0 Å². The van der Waals surface area contributed by atoms with Gasteiger partial charge in [0.1, 0.15) is 5.60 Å². The van der Waals surface area contributed by atoms with E-state index in [-0.39, 0.29) is 6.61 Å². The molecule has 0 amide bonds. The maximum absolute atomic E-state index is 11.0. The maximum atomic E-state index is 11.0. The van der Waals surface area contributed by atoms with Crippen LogP contribution in [-0.2, 0) is 4.74 Å². The second-order valence-electron chi connectivity index (χ2n) is 10.5. The Kier molecular flexibility index (Phi) is 5.15. The van der Waals surface area contributed by atoms with E-state index in [1.165, 1.54) is 38.5 Å². The minimum Gasteiger partial charge on any atom is -0.395 e. The molecule has 2 N–H and O–H groups in total. The van der Waals surface area contributed by atoms with Gasteiger partial charge in [0.15, 0.2) is 0 Å². The van der Waals surface area contributed by atoms with Crippen molar-refractivity contribution in [1.82, 2.24) is 0 Å². The number of hydrogen-bond acceptors (Lipinski definition) is 3. The van der Waals surface area contributed by atoms with Gasteiger partial charge in [-0.1, -0.05) is 25.7 Å². The molecule has 0 spiro atoms. The zero-order chi connectivity index (χ0) is 19.3. The molecule has 3 nitrogen and oxygen atoms in total. The van der Waals surface area contributed by atoms with E-state index in [1.807, 2.05) is 7.11 Å². The molecule has 4 aliphatic rings. The number of aliphatic hydroxyl groups is 2. The third-order valence-electron chi connectivity index (χ3n) is 9.48. The summed E-state index contributed by atoms with van der Waals surface area (Å²) in [7, 11) is 1.91. The van der Waals surface area contributed by atoms with Crippen molar-refractivity contribution in [2.24, 2.45) is 34.5 Å². The van der Waals surface area contributed by atoms with Gasteiger partial charge in [0.05, 0.1) is 12.7 Å². The van der Waals surface area contributed by atoms with Gasteiger partial charge in [-0.3, -0.25) is 0 Å². The van der Waals surface area contributed by atoms with Gasteiger partial charge in [-0.05, 0) is 92.3 Å². The lowest BCUT2D eigenvalue weighted by molar-refractivity contribution is -0.146. The Labute approximate surface area is 165 Å². The number of fused-ring (bicyclic) bond motifs is 5. The largest absolute Gasteiger partial charge is 0.395 e. The van der Waals surface area contributed by atoms with Crippen LogP contribution in [-0.4, -0.2) is 35.6 Å². The Morgan fingerprint density at radius 1 is 0.963 bits per heavy atom. The van der Waals surface area contributed by atoms with Gasteiger partial charge in [-0.2, -0.15) is 0 Å². The first-order valence-corrected chi connectivity index (χ1v) is 11.2. The second kappa shape index (κ2) is 7.05. The highest BCUT2D eigenvalue weighted by Gasteiger charge is 2.61. The summed E-state index contributed by atoms with van der Waals surface area (Å²) in [6, 6.07) is 0. The van der Waals surface area contributed by atoms with Crippen LogP contribution in [0.25, 0.3) is 0 Å². The highest BCUT2D eigenvalue weighted by Crippen LogP contribution is 2.67. The van der Waals surface area contributed by atoms with Crippen LogP contribution < -0.4 is 0 Å². The fourth-order valence-corrected chi connectivity index (χ4v) is 7.98. The highest BCUT2D eigenvalue weighted by atomic mass is 16.5. The van der Waals surface area contributed by atoms with E-state index in [2.05, 4.69) is 25.7 Å². The Balaban J connectivity index is 1.53. The summed E-state index contributed by atoms with van der Waals surface area (Å²) >= 11 is 0. The van der Waals surface area contributed by atoms with E-state index in [4.69, 9.17) is 9.84 Å². The Morgan fingerprint density at radius 3 is 2.48 bits per heavy atom. The average Bonchev–Trinajstić information content (AvgIpc) is 2.99. The van der Waals surface area contributed by atoms with Crippen LogP contribution in [0.15, 0.2) is 0 Å². The van der Waals surface area contributed by atoms with Crippen LogP contribution in [0.1, 0.15) is 78.1 Å². The van der Waals surface area contributed by atoms with Gasteiger partial charge in [0, 0.05) is 13.5 Å². The third kappa shape index (κ3) is 3.07. The zero-order valence-corrected chi connectivity index (χ0v) is 17.5. The van der Waals surface area contributed by atoms with E-state index in [0.717, 1.165) is 37.0 Å². The minimum atomic E-state index is -0.829. The fraction of sp³-hybridized carbons (Fsp3) is 0.917. The number of methoxy groups -OCH3 is 1. The molecule has 4 saturated carbocycles. The molecule has 0 radical (unpaired) electrons. The molecule has 4 fully saturated rings. The molecule has 4 aliphatic carbocycles. The molecule has 0 aromatic carbocycles. The molecule has 0 aliphatic heterocycles. The number of rotatable bonds is 2. The molecule has 8 atom stereocenters. The molecule has 27 heavy (non-hydrogen) atoms. The quantitative estimate of drug-likeness (QED) is 0.714. The molecule has 0 saturated heterocycles. The van der Waals surface area contributed by atoms with E-state index in [1.54, 1.807) is 0 Å². The monoisotopic (exact) mass is 374 g/mol. The van der Waals surface area contributed by atoms with Gasteiger partial charge in [-0.25, -0.2) is 0 Å². The lowest BCUT2D eigenvalue weighted by atomic mass is 9.44. The predicted octanol–water partition coefficient (Wildman–Crippen LogP) is 4.16. The van der Waals surface area contributed by atoms with Crippen molar-refractivity contribution in [3.63, 3.8) is 0 Å². The summed E-state index contributed by atoms with van der Waals surface area (Å²) in [6.07, 6.45) is 11.4.